The van der Waals surface area contributed by atoms with Gasteiger partial charge in [0.2, 0.25) is 5.91 Å². The molecule has 0 aliphatic carbocycles. The molecule has 1 aromatic carbocycles. The van der Waals surface area contributed by atoms with Crippen LogP contribution in [0.5, 0.6) is 5.75 Å². The lowest BCUT2D eigenvalue weighted by Crippen LogP contribution is -2.39. The Labute approximate surface area is 147 Å². The Balaban J connectivity index is 1.45. The molecule has 3 rings (SSSR count). The maximum atomic E-state index is 12.2. The number of ether oxygens (including phenoxy) is 2. The maximum Gasteiger partial charge on any atom is 0.317 e. The first-order chi connectivity index (χ1) is 12.1. The Morgan fingerprint density at radius 3 is 2.96 bits per heavy atom. The highest BCUT2D eigenvalue weighted by Crippen LogP contribution is 2.18. The number of likely N-dealkylation sites (tertiary alicyclic amines) is 1. The molecule has 0 saturated carbocycles. The van der Waals surface area contributed by atoms with Crippen LogP contribution in [0, 0.1) is 5.92 Å². The predicted octanol–water partition coefficient (Wildman–Crippen LogP) is 1.26. The molecule has 0 aromatic heterocycles. The second-order valence-electron chi connectivity index (χ2n) is 6.59. The van der Waals surface area contributed by atoms with Crippen molar-refractivity contribution in [1.29, 1.82) is 0 Å². The van der Waals surface area contributed by atoms with E-state index in [9.17, 15) is 9.59 Å². The van der Waals surface area contributed by atoms with Crippen LogP contribution in [0.2, 0.25) is 0 Å². The average Bonchev–Trinajstić information content (AvgIpc) is 3.30. The van der Waals surface area contributed by atoms with E-state index in [1.807, 2.05) is 24.3 Å². The fourth-order valence-electron chi connectivity index (χ4n) is 3.18. The second kappa shape index (κ2) is 8.20. The van der Waals surface area contributed by atoms with Gasteiger partial charge in [0.1, 0.15) is 12.4 Å². The molecule has 3 amide bonds. The fraction of sp³-hybridized carbons (Fsp3) is 0.556. The minimum Gasteiger partial charge on any atom is -0.491 e. The molecule has 2 saturated heterocycles. The molecular weight excluding hydrogens is 322 g/mol. The molecule has 136 valence electrons. The molecule has 2 aliphatic rings. The molecule has 7 nitrogen and oxygen atoms in total. The molecule has 0 spiro atoms. The molecule has 2 heterocycles. The smallest absolute Gasteiger partial charge is 0.317 e. The van der Waals surface area contributed by atoms with E-state index >= 15 is 0 Å². The van der Waals surface area contributed by atoms with Crippen LogP contribution in [-0.4, -0.2) is 49.2 Å². The van der Waals surface area contributed by atoms with Crippen LogP contribution in [0.1, 0.15) is 24.8 Å². The summed E-state index contributed by atoms with van der Waals surface area (Å²) in [5.74, 6) is 0.198. The summed E-state index contributed by atoms with van der Waals surface area (Å²) in [4.78, 5) is 25.0. The lowest BCUT2D eigenvalue weighted by molar-refractivity contribution is -0.121. The number of amides is 3. The summed E-state index contributed by atoms with van der Waals surface area (Å²) in [7, 11) is 0. The predicted molar refractivity (Wildman–Crippen MR) is 92.0 cm³/mol. The number of rotatable bonds is 6. The molecule has 2 aliphatic heterocycles. The molecule has 2 fully saturated rings. The summed E-state index contributed by atoms with van der Waals surface area (Å²) in [5.41, 5.74) is 6.26. The van der Waals surface area contributed by atoms with Crippen LogP contribution in [0.25, 0.3) is 0 Å². The normalized spacial score (nSPS) is 22.8. The number of benzene rings is 1. The summed E-state index contributed by atoms with van der Waals surface area (Å²) in [6.45, 7) is 2.73. The summed E-state index contributed by atoms with van der Waals surface area (Å²) in [6.07, 6.45) is 2.94. The Morgan fingerprint density at radius 1 is 1.36 bits per heavy atom. The monoisotopic (exact) mass is 347 g/mol. The quantitative estimate of drug-likeness (QED) is 0.810. The summed E-state index contributed by atoms with van der Waals surface area (Å²) in [6, 6.07) is 7.50. The van der Waals surface area contributed by atoms with Crippen molar-refractivity contribution in [3.05, 3.63) is 29.8 Å². The number of hydrogen-bond acceptors (Lipinski definition) is 4. The average molecular weight is 347 g/mol. The molecule has 25 heavy (non-hydrogen) atoms. The molecule has 7 heteroatoms. The van der Waals surface area contributed by atoms with E-state index in [0.29, 0.717) is 32.7 Å². The van der Waals surface area contributed by atoms with E-state index in [0.717, 1.165) is 30.8 Å². The van der Waals surface area contributed by atoms with Gasteiger partial charge in [-0.1, -0.05) is 12.1 Å². The Bertz CT molecular complexity index is 616. The lowest BCUT2D eigenvalue weighted by atomic mass is 10.1. The first-order valence-corrected chi connectivity index (χ1v) is 8.77. The van der Waals surface area contributed by atoms with Crippen molar-refractivity contribution >= 4 is 11.9 Å². The third kappa shape index (κ3) is 4.85. The van der Waals surface area contributed by atoms with Crippen molar-refractivity contribution in [2.75, 3.05) is 26.3 Å². The Kier molecular flexibility index (Phi) is 5.75. The van der Waals surface area contributed by atoms with Crippen LogP contribution in [0.4, 0.5) is 4.79 Å². The zero-order chi connectivity index (χ0) is 17.6. The van der Waals surface area contributed by atoms with Crippen molar-refractivity contribution in [2.45, 2.75) is 31.9 Å². The first-order valence-electron chi connectivity index (χ1n) is 8.77. The number of primary amides is 1. The van der Waals surface area contributed by atoms with E-state index in [-0.39, 0.29) is 24.0 Å². The van der Waals surface area contributed by atoms with Gasteiger partial charge in [-0.2, -0.15) is 0 Å². The van der Waals surface area contributed by atoms with Gasteiger partial charge < -0.3 is 25.4 Å². The minimum absolute atomic E-state index is 0.172. The van der Waals surface area contributed by atoms with E-state index in [1.54, 1.807) is 4.90 Å². The number of urea groups is 1. The van der Waals surface area contributed by atoms with Gasteiger partial charge in [-0.25, -0.2) is 4.79 Å². The zero-order valence-electron chi connectivity index (χ0n) is 14.3. The third-order valence-electron chi connectivity index (χ3n) is 4.68. The van der Waals surface area contributed by atoms with Gasteiger partial charge in [-0.05, 0) is 37.0 Å². The van der Waals surface area contributed by atoms with Gasteiger partial charge in [0.25, 0.3) is 0 Å². The van der Waals surface area contributed by atoms with Gasteiger partial charge in [-0.3, -0.25) is 4.79 Å². The van der Waals surface area contributed by atoms with E-state index in [4.69, 9.17) is 15.2 Å². The topological polar surface area (TPSA) is 93.9 Å². The van der Waals surface area contributed by atoms with Crippen LogP contribution in [-0.2, 0) is 16.1 Å². The van der Waals surface area contributed by atoms with Crippen LogP contribution in [0.3, 0.4) is 0 Å². The SMILES string of the molecule is NC(=O)[C@H]1CCN(C(=O)NCc2cccc(OC[C@H]3CCCO3)c2)C1. The zero-order valence-corrected chi connectivity index (χ0v) is 14.3. The molecule has 0 unspecified atom stereocenters. The Morgan fingerprint density at radius 2 is 2.24 bits per heavy atom. The number of nitrogens with one attached hydrogen (secondary N) is 1. The van der Waals surface area contributed by atoms with E-state index in [2.05, 4.69) is 5.32 Å². The summed E-state index contributed by atoms with van der Waals surface area (Å²) in [5, 5.41) is 2.88. The molecule has 1 aromatic rings. The van der Waals surface area contributed by atoms with Crippen LogP contribution >= 0.6 is 0 Å². The Hall–Kier alpha value is -2.28. The number of carbonyl (C=O) groups is 2. The van der Waals surface area contributed by atoms with Gasteiger partial charge in [0.15, 0.2) is 0 Å². The number of carbonyl (C=O) groups excluding carboxylic acids is 2. The van der Waals surface area contributed by atoms with Crippen molar-refractivity contribution in [3.8, 4) is 5.75 Å². The molecule has 2 atom stereocenters. The minimum atomic E-state index is -0.341. The van der Waals surface area contributed by atoms with Crippen molar-refractivity contribution in [3.63, 3.8) is 0 Å². The maximum absolute atomic E-state index is 12.2. The highest BCUT2D eigenvalue weighted by Gasteiger charge is 2.29. The number of nitrogens with two attached hydrogens (primary N) is 1. The molecule has 0 radical (unpaired) electrons. The van der Waals surface area contributed by atoms with Gasteiger partial charge in [0, 0.05) is 26.2 Å². The molecular formula is C18H25N3O4. The summed E-state index contributed by atoms with van der Waals surface area (Å²) < 4.78 is 11.3. The number of nitrogens with zero attached hydrogens (tertiary/aromatic N) is 1. The standard InChI is InChI=1S/C18H25N3O4/c19-17(22)14-6-7-21(11-14)18(23)20-10-13-3-1-4-15(9-13)25-12-16-5-2-8-24-16/h1,3-4,9,14,16H,2,5-8,10-12H2,(H2,19,22)(H,20,23)/t14-,16+/m0/s1. The largest absolute Gasteiger partial charge is 0.491 e. The van der Waals surface area contributed by atoms with Crippen LogP contribution in [0.15, 0.2) is 24.3 Å². The van der Waals surface area contributed by atoms with Crippen molar-refractivity contribution in [2.24, 2.45) is 11.7 Å². The van der Waals surface area contributed by atoms with E-state index < -0.39 is 0 Å². The fourth-order valence-corrected chi connectivity index (χ4v) is 3.18. The highest BCUT2D eigenvalue weighted by atomic mass is 16.5. The van der Waals surface area contributed by atoms with E-state index in [1.165, 1.54) is 0 Å². The summed E-state index contributed by atoms with van der Waals surface area (Å²) >= 11 is 0. The van der Waals surface area contributed by atoms with Crippen LogP contribution < -0.4 is 15.8 Å². The molecule has 3 N–H and O–H groups in total. The van der Waals surface area contributed by atoms with Crippen molar-refractivity contribution in [1.82, 2.24) is 10.2 Å². The number of hydrogen-bond donors (Lipinski definition) is 2. The second-order valence-corrected chi connectivity index (χ2v) is 6.59. The highest BCUT2D eigenvalue weighted by molar-refractivity contribution is 5.80. The first kappa shape index (κ1) is 17.5. The lowest BCUT2D eigenvalue weighted by Gasteiger charge is -2.17. The van der Waals surface area contributed by atoms with Crippen molar-refractivity contribution < 1.29 is 19.1 Å². The van der Waals surface area contributed by atoms with Gasteiger partial charge in [-0.15, -0.1) is 0 Å². The third-order valence-corrected chi connectivity index (χ3v) is 4.68. The molecule has 0 bridgehead atoms. The van der Waals surface area contributed by atoms with Gasteiger partial charge >= 0.3 is 6.03 Å². The van der Waals surface area contributed by atoms with Gasteiger partial charge in [0.05, 0.1) is 12.0 Å².